The van der Waals surface area contributed by atoms with Gasteiger partial charge in [-0.2, -0.15) is 0 Å². The van der Waals surface area contributed by atoms with Gasteiger partial charge >= 0.3 is 5.97 Å². The molecule has 0 amide bonds. The Morgan fingerprint density at radius 3 is 2.33 bits per heavy atom. The van der Waals surface area contributed by atoms with Crippen molar-refractivity contribution in [1.82, 2.24) is 0 Å². The second kappa shape index (κ2) is 6.00. The van der Waals surface area contributed by atoms with Crippen LogP contribution < -0.4 is 5.32 Å². The molecule has 1 aromatic carbocycles. The third-order valence-corrected chi connectivity index (χ3v) is 2.42. The highest BCUT2D eigenvalue weighted by Gasteiger charge is 2.18. The van der Waals surface area contributed by atoms with Gasteiger partial charge in [0.25, 0.3) is 5.69 Å². The molecule has 0 radical (unpaired) electrons. The fourth-order valence-electron chi connectivity index (χ4n) is 1.57. The van der Waals surface area contributed by atoms with Gasteiger partial charge in [-0.3, -0.25) is 10.1 Å². The molecule has 0 bridgehead atoms. The van der Waals surface area contributed by atoms with E-state index in [-0.39, 0.29) is 11.6 Å². The standard InChI is InChI=1S/C12H16N2O4/c1-8(2)7-11(12(15)16)13-9-3-5-10(6-4-9)14(17)18/h3-6,8,11,13H,7H2,1-2H3,(H,15,16)/t11-/m1/s1. The molecule has 6 nitrogen and oxygen atoms in total. The first-order valence-corrected chi connectivity index (χ1v) is 5.64. The fourth-order valence-corrected chi connectivity index (χ4v) is 1.57. The van der Waals surface area contributed by atoms with Crippen LogP contribution in [0.4, 0.5) is 11.4 Å². The second-order valence-corrected chi connectivity index (χ2v) is 4.47. The Bertz CT molecular complexity index is 428. The molecular weight excluding hydrogens is 236 g/mol. The Kier molecular flexibility index (Phi) is 4.65. The number of non-ortho nitro benzene ring substituents is 1. The molecule has 6 heteroatoms. The van der Waals surface area contributed by atoms with E-state index in [9.17, 15) is 14.9 Å². The molecule has 1 aromatic rings. The molecule has 0 aromatic heterocycles. The lowest BCUT2D eigenvalue weighted by Gasteiger charge is -2.17. The molecule has 0 heterocycles. The van der Waals surface area contributed by atoms with Crippen molar-refractivity contribution < 1.29 is 14.8 Å². The number of carbonyl (C=O) groups is 1. The summed E-state index contributed by atoms with van der Waals surface area (Å²) in [7, 11) is 0. The maximum Gasteiger partial charge on any atom is 0.326 e. The number of nitrogens with zero attached hydrogens (tertiary/aromatic N) is 1. The first kappa shape index (κ1) is 14.0. The van der Waals surface area contributed by atoms with Gasteiger partial charge in [-0.05, 0) is 24.5 Å². The molecule has 0 aliphatic rings. The molecule has 0 spiro atoms. The maximum absolute atomic E-state index is 11.0. The summed E-state index contributed by atoms with van der Waals surface area (Å²) in [4.78, 5) is 21.0. The summed E-state index contributed by atoms with van der Waals surface area (Å²) >= 11 is 0. The van der Waals surface area contributed by atoms with Crippen molar-refractivity contribution in [3.05, 3.63) is 34.4 Å². The number of nitro groups is 1. The summed E-state index contributed by atoms with van der Waals surface area (Å²) in [6.07, 6.45) is 0.492. The largest absolute Gasteiger partial charge is 0.480 e. The molecule has 0 aliphatic carbocycles. The fraction of sp³-hybridized carbons (Fsp3) is 0.417. The quantitative estimate of drug-likeness (QED) is 0.599. The number of hydrogen-bond acceptors (Lipinski definition) is 4. The van der Waals surface area contributed by atoms with E-state index in [1.807, 2.05) is 13.8 Å². The lowest BCUT2D eigenvalue weighted by Crippen LogP contribution is -2.30. The number of nitro benzene ring substituents is 1. The number of anilines is 1. The molecule has 2 N–H and O–H groups in total. The number of nitrogens with one attached hydrogen (secondary N) is 1. The van der Waals surface area contributed by atoms with Crippen LogP contribution in [0.25, 0.3) is 0 Å². The summed E-state index contributed by atoms with van der Waals surface area (Å²) in [6, 6.07) is 5.02. The van der Waals surface area contributed by atoms with Crippen LogP contribution in [0.3, 0.4) is 0 Å². The second-order valence-electron chi connectivity index (χ2n) is 4.47. The lowest BCUT2D eigenvalue weighted by molar-refractivity contribution is -0.384. The van der Waals surface area contributed by atoms with Crippen LogP contribution in [-0.2, 0) is 4.79 Å². The van der Waals surface area contributed by atoms with E-state index in [4.69, 9.17) is 5.11 Å². The van der Waals surface area contributed by atoms with Crippen LogP contribution in [-0.4, -0.2) is 22.0 Å². The van der Waals surface area contributed by atoms with Gasteiger partial charge in [-0.15, -0.1) is 0 Å². The van der Waals surface area contributed by atoms with Crippen molar-refractivity contribution >= 4 is 17.3 Å². The minimum atomic E-state index is -0.929. The Labute approximate surface area is 105 Å². The number of carboxylic acids is 1. The van der Waals surface area contributed by atoms with Crippen molar-refractivity contribution in [2.45, 2.75) is 26.3 Å². The summed E-state index contributed by atoms with van der Waals surface area (Å²) in [5.41, 5.74) is 0.546. The van der Waals surface area contributed by atoms with Gasteiger partial charge in [-0.1, -0.05) is 13.8 Å². The average Bonchev–Trinajstić information content (AvgIpc) is 2.28. The number of aliphatic carboxylic acids is 1. The van der Waals surface area contributed by atoms with Gasteiger partial charge in [0.1, 0.15) is 6.04 Å². The number of carboxylic acid groups (broad SMARTS) is 1. The summed E-state index contributed by atoms with van der Waals surface area (Å²) in [5, 5.41) is 22.4. The molecule has 18 heavy (non-hydrogen) atoms. The normalized spacial score (nSPS) is 12.2. The first-order valence-electron chi connectivity index (χ1n) is 5.64. The Balaban J connectivity index is 2.75. The lowest BCUT2D eigenvalue weighted by atomic mass is 10.0. The highest BCUT2D eigenvalue weighted by atomic mass is 16.6. The van der Waals surface area contributed by atoms with E-state index in [2.05, 4.69) is 5.32 Å². The van der Waals surface area contributed by atoms with E-state index in [1.54, 1.807) is 0 Å². The van der Waals surface area contributed by atoms with E-state index < -0.39 is 16.9 Å². The summed E-state index contributed by atoms with van der Waals surface area (Å²) in [5.74, 6) is -0.682. The third kappa shape index (κ3) is 4.04. The van der Waals surface area contributed by atoms with Gasteiger partial charge in [-0.25, -0.2) is 4.79 Å². The molecule has 0 fully saturated rings. The van der Waals surface area contributed by atoms with Crippen LogP contribution in [0, 0.1) is 16.0 Å². The molecule has 0 saturated carbocycles. The molecule has 0 unspecified atom stereocenters. The van der Waals surface area contributed by atoms with E-state index in [0.717, 1.165) is 0 Å². The summed E-state index contributed by atoms with van der Waals surface area (Å²) < 4.78 is 0. The van der Waals surface area contributed by atoms with Crippen LogP contribution in [0.15, 0.2) is 24.3 Å². The van der Waals surface area contributed by atoms with Crippen molar-refractivity contribution in [3.8, 4) is 0 Å². The Hall–Kier alpha value is -2.11. The molecular formula is C12H16N2O4. The minimum Gasteiger partial charge on any atom is -0.480 e. The molecule has 1 atom stereocenters. The highest BCUT2D eigenvalue weighted by Crippen LogP contribution is 2.18. The van der Waals surface area contributed by atoms with Gasteiger partial charge in [0.2, 0.25) is 0 Å². The van der Waals surface area contributed by atoms with Gasteiger partial charge < -0.3 is 10.4 Å². The number of rotatable bonds is 6. The predicted octanol–water partition coefficient (Wildman–Crippen LogP) is 2.51. The zero-order valence-electron chi connectivity index (χ0n) is 10.3. The van der Waals surface area contributed by atoms with Crippen molar-refractivity contribution in [1.29, 1.82) is 0 Å². The van der Waals surface area contributed by atoms with E-state index in [1.165, 1.54) is 24.3 Å². The molecule has 98 valence electrons. The maximum atomic E-state index is 11.0. The van der Waals surface area contributed by atoms with Crippen LogP contribution in [0.5, 0.6) is 0 Å². The SMILES string of the molecule is CC(C)C[C@@H](Nc1ccc([N+](=O)[O-])cc1)C(=O)O. The minimum absolute atomic E-state index is 0.0173. The highest BCUT2D eigenvalue weighted by molar-refractivity contribution is 5.77. The topological polar surface area (TPSA) is 92.5 Å². The average molecular weight is 252 g/mol. The Morgan fingerprint density at radius 1 is 1.39 bits per heavy atom. The van der Waals surface area contributed by atoms with E-state index >= 15 is 0 Å². The van der Waals surface area contributed by atoms with E-state index in [0.29, 0.717) is 12.1 Å². The Morgan fingerprint density at radius 2 is 1.94 bits per heavy atom. The monoisotopic (exact) mass is 252 g/mol. The molecule has 1 rings (SSSR count). The first-order chi connectivity index (χ1) is 8.40. The van der Waals surface area contributed by atoms with Crippen LogP contribution in [0.1, 0.15) is 20.3 Å². The van der Waals surface area contributed by atoms with Crippen LogP contribution in [0.2, 0.25) is 0 Å². The van der Waals surface area contributed by atoms with Gasteiger partial charge in [0.15, 0.2) is 0 Å². The van der Waals surface area contributed by atoms with Gasteiger partial charge in [0, 0.05) is 17.8 Å². The molecule has 0 aliphatic heterocycles. The van der Waals surface area contributed by atoms with Gasteiger partial charge in [0.05, 0.1) is 4.92 Å². The van der Waals surface area contributed by atoms with Crippen molar-refractivity contribution in [3.63, 3.8) is 0 Å². The summed E-state index contributed by atoms with van der Waals surface area (Å²) in [6.45, 7) is 3.88. The zero-order valence-corrected chi connectivity index (χ0v) is 10.3. The van der Waals surface area contributed by atoms with Crippen molar-refractivity contribution in [2.24, 2.45) is 5.92 Å². The zero-order chi connectivity index (χ0) is 13.7. The van der Waals surface area contributed by atoms with Crippen LogP contribution >= 0.6 is 0 Å². The smallest absolute Gasteiger partial charge is 0.326 e. The number of benzene rings is 1. The van der Waals surface area contributed by atoms with Crippen molar-refractivity contribution in [2.75, 3.05) is 5.32 Å². The molecule has 0 saturated heterocycles. The third-order valence-electron chi connectivity index (χ3n) is 2.42. The predicted molar refractivity (Wildman–Crippen MR) is 67.6 cm³/mol. The number of hydrogen-bond donors (Lipinski definition) is 2.